The molecular weight excluding hydrogens is 408 g/mol. The molecule has 0 atom stereocenters. The van der Waals surface area contributed by atoms with Gasteiger partial charge in [0.05, 0.1) is 16.8 Å². The van der Waals surface area contributed by atoms with E-state index in [0.717, 1.165) is 36.1 Å². The summed E-state index contributed by atoms with van der Waals surface area (Å²) in [5.41, 5.74) is 0.310. The zero-order valence-electron chi connectivity index (χ0n) is 16.2. The van der Waals surface area contributed by atoms with Gasteiger partial charge in [0, 0.05) is 18.6 Å². The predicted molar refractivity (Wildman–Crippen MR) is 115 cm³/mol. The molecule has 2 heterocycles. The zero-order chi connectivity index (χ0) is 20.4. The summed E-state index contributed by atoms with van der Waals surface area (Å²) >= 11 is 7.56. The molecule has 1 aliphatic rings. The lowest BCUT2D eigenvalue weighted by molar-refractivity contribution is -0.126. The molecule has 29 heavy (non-hydrogen) atoms. The van der Waals surface area contributed by atoms with E-state index in [1.807, 2.05) is 41.8 Å². The molecule has 4 rings (SSSR count). The van der Waals surface area contributed by atoms with Gasteiger partial charge in [-0.15, -0.1) is 16.4 Å². The number of aromatic nitrogens is 3. The van der Waals surface area contributed by atoms with Gasteiger partial charge in [0.25, 0.3) is 0 Å². The van der Waals surface area contributed by atoms with Crippen molar-refractivity contribution in [2.75, 3.05) is 6.54 Å². The lowest BCUT2D eigenvalue weighted by Gasteiger charge is -2.28. The van der Waals surface area contributed by atoms with E-state index >= 15 is 0 Å². The fourth-order valence-corrected chi connectivity index (χ4v) is 4.96. The molecule has 0 radical (unpaired) electrons. The number of thiophene rings is 1. The van der Waals surface area contributed by atoms with Crippen molar-refractivity contribution in [3.8, 4) is 10.7 Å². The van der Waals surface area contributed by atoms with E-state index in [9.17, 15) is 9.59 Å². The summed E-state index contributed by atoms with van der Waals surface area (Å²) in [4.78, 5) is 26.6. The van der Waals surface area contributed by atoms with E-state index in [1.54, 1.807) is 23.0 Å². The Kier molecular flexibility index (Phi) is 5.61. The van der Waals surface area contributed by atoms with Gasteiger partial charge in [0.2, 0.25) is 5.91 Å². The first kappa shape index (κ1) is 19.9. The maximum Gasteiger partial charge on any atom is 0.346 e. The summed E-state index contributed by atoms with van der Waals surface area (Å²) in [6.45, 7) is 0.690. The summed E-state index contributed by atoms with van der Waals surface area (Å²) in [6, 6.07) is 11.4. The number of hydrogen-bond acceptors (Lipinski definition) is 4. The molecule has 152 valence electrons. The van der Waals surface area contributed by atoms with Crippen molar-refractivity contribution in [1.29, 1.82) is 0 Å². The van der Waals surface area contributed by atoms with Gasteiger partial charge in [-0.05, 0) is 42.0 Å². The number of halogens is 1. The Morgan fingerprint density at radius 1 is 1.24 bits per heavy atom. The molecule has 0 spiro atoms. The highest BCUT2D eigenvalue weighted by Gasteiger charge is 2.42. The Bertz CT molecular complexity index is 1050. The van der Waals surface area contributed by atoms with Crippen LogP contribution in [0.4, 0.5) is 0 Å². The lowest BCUT2D eigenvalue weighted by Crippen LogP contribution is -2.44. The molecule has 0 aliphatic heterocycles. The Balaban J connectivity index is 1.46. The quantitative estimate of drug-likeness (QED) is 0.649. The number of rotatable bonds is 6. The Hall–Kier alpha value is -2.38. The van der Waals surface area contributed by atoms with Gasteiger partial charge in [0.15, 0.2) is 5.82 Å². The Morgan fingerprint density at radius 3 is 2.62 bits per heavy atom. The number of nitrogens with zero attached hydrogens (tertiary/aromatic N) is 3. The molecule has 2 aromatic heterocycles. The smallest absolute Gasteiger partial charge is 0.346 e. The van der Waals surface area contributed by atoms with Crippen LogP contribution in [-0.4, -0.2) is 26.8 Å². The van der Waals surface area contributed by atoms with Crippen molar-refractivity contribution in [1.82, 2.24) is 19.7 Å². The maximum absolute atomic E-state index is 13.1. The highest BCUT2D eigenvalue weighted by Crippen LogP contribution is 2.41. The number of hydrogen-bond donors (Lipinski definition) is 1. The lowest BCUT2D eigenvalue weighted by atomic mass is 9.78. The van der Waals surface area contributed by atoms with E-state index < -0.39 is 5.41 Å². The predicted octanol–water partition coefficient (Wildman–Crippen LogP) is 3.59. The van der Waals surface area contributed by atoms with E-state index in [-0.39, 0.29) is 11.6 Å². The fraction of sp³-hybridized carbons (Fsp3) is 0.381. The van der Waals surface area contributed by atoms with Gasteiger partial charge < -0.3 is 5.32 Å². The number of amides is 1. The number of benzene rings is 1. The topological polar surface area (TPSA) is 68.9 Å². The van der Waals surface area contributed by atoms with E-state index in [4.69, 9.17) is 11.6 Å². The van der Waals surface area contributed by atoms with Crippen molar-refractivity contribution in [3.05, 3.63) is 62.8 Å². The first-order valence-corrected chi connectivity index (χ1v) is 11.0. The third-order valence-electron chi connectivity index (χ3n) is 5.68. The third-order valence-corrected chi connectivity index (χ3v) is 6.80. The van der Waals surface area contributed by atoms with Gasteiger partial charge >= 0.3 is 5.69 Å². The second-order valence-corrected chi connectivity index (χ2v) is 8.80. The van der Waals surface area contributed by atoms with Gasteiger partial charge in [-0.2, -0.15) is 0 Å². The van der Waals surface area contributed by atoms with E-state index in [2.05, 4.69) is 10.4 Å². The molecule has 0 saturated heterocycles. The van der Waals surface area contributed by atoms with E-state index in [0.29, 0.717) is 23.9 Å². The average Bonchev–Trinajstić information content (AvgIpc) is 3.46. The summed E-state index contributed by atoms with van der Waals surface area (Å²) in [7, 11) is 1.72. The molecule has 1 saturated carbocycles. The minimum absolute atomic E-state index is 0.0137. The number of nitrogens with one attached hydrogen (secondary N) is 1. The number of carbonyl (C=O) groups excluding carboxylic acids is 1. The van der Waals surface area contributed by atoms with Crippen molar-refractivity contribution in [3.63, 3.8) is 0 Å². The van der Waals surface area contributed by atoms with Gasteiger partial charge in [0.1, 0.15) is 0 Å². The molecule has 0 unspecified atom stereocenters. The molecular formula is C21H23ClN4O2S. The molecule has 1 fully saturated rings. The van der Waals surface area contributed by atoms with Crippen LogP contribution in [-0.2, 0) is 23.8 Å². The summed E-state index contributed by atoms with van der Waals surface area (Å²) in [6.07, 6.45) is 3.71. The minimum Gasteiger partial charge on any atom is -0.353 e. The second-order valence-electron chi connectivity index (χ2n) is 7.42. The summed E-state index contributed by atoms with van der Waals surface area (Å²) < 4.78 is 2.96. The third kappa shape index (κ3) is 3.76. The van der Waals surface area contributed by atoms with Crippen LogP contribution in [0.25, 0.3) is 10.7 Å². The van der Waals surface area contributed by atoms with Crippen molar-refractivity contribution >= 4 is 28.8 Å². The average molecular weight is 431 g/mol. The maximum atomic E-state index is 13.1. The largest absolute Gasteiger partial charge is 0.353 e. The van der Waals surface area contributed by atoms with Crippen LogP contribution in [0.15, 0.2) is 46.6 Å². The van der Waals surface area contributed by atoms with Crippen LogP contribution in [0.3, 0.4) is 0 Å². The van der Waals surface area contributed by atoms with Crippen molar-refractivity contribution < 1.29 is 4.79 Å². The van der Waals surface area contributed by atoms with E-state index in [1.165, 1.54) is 4.68 Å². The molecule has 3 aromatic rings. The van der Waals surface area contributed by atoms with Crippen LogP contribution in [0, 0.1) is 0 Å². The highest BCUT2D eigenvalue weighted by molar-refractivity contribution is 7.13. The van der Waals surface area contributed by atoms with Crippen LogP contribution in [0.5, 0.6) is 0 Å². The van der Waals surface area contributed by atoms with Crippen LogP contribution >= 0.6 is 22.9 Å². The van der Waals surface area contributed by atoms with Gasteiger partial charge in [-0.3, -0.25) is 9.36 Å². The zero-order valence-corrected chi connectivity index (χ0v) is 17.8. The van der Waals surface area contributed by atoms with Crippen LogP contribution < -0.4 is 11.0 Å². The molecule has 6 nitrogen and oxygen atoms in total. The molecule has 1 aromatic carbocycles. The SMILES string of the molecule is Cn1c(-c2cccs2)nn(CCNC(=O)C2(c3ccc(Cl)cc3)CCCC2)c1=O. The van der Waals surface area contributed by atoms with Gasteiger partial charge in [-0.1, -0.05) is 42.6 Å². The Labute approximate surface area is 178 Å². The first-order valence-electron chi connectivity index (χ1n) is 9.73. The molecule has 8 heteroatoms. The minimum atomic E-state index is -0.512. The Morgan fingerprint density at radius 2 is 1.97 bits per heavy atom. The molecule has 1 amide bonds. The number of carbonyl (C=O) groups is 1. The standard InChI is InChI=1S/C21H23ClN4O2S/c1-25-18(17-5-4-14-29-17)24-26(20(25)28)13-12-23-19(27)21(10-2-3-11-21)15-6-8-16(22)9-7-15/h4-9,14H,2-3,10-13H2,1H3,(H,23,27). The van der Waals surface area contributed by atoms with Crippen LogP contribution in [0.1, 0.15) is 31.2 Å². The monoisotopic (exact) mass is 430 g/mol. The van der Waals surface area contributed by atoms with Crippen molar-refractivity contribution in [2.45, 2.75) is 37.6 Å². The molecule has 0 bridgehead atoms. The summed E-state index contributed by atoms with van der Waals surface area (Å²) in [5, 5.41) is 10.1. The first-order chi connectivity index (χ1) is 14.0. The molecule has 1 aliphatic carbocycles. The highest BCUT2D eigenvalue weighted by atomic mass is 35.5. The fourth-order valence-electron chi connectivity index (χ4n) is 4.09. The normalized spacial score (nSPS) is 15.5. The molecule has 1 N–H and O–H groups in total. The van der Waals surface area contributed by atoms with Crippen LogP contribution in [0.2, 0.25) is 5.02 Å². The summed E-state index contributed by atoms with van der Waals surface area (Å²) in [5.74, 6) is 0.657. The second kappa shape index (κ2) is 8.16. The van der Waals surface area contributed by atoms with Gasteiger partial charge in [-0.25, -0.2) is 9.48 Å². The van der Waals surface area contributed by atoms with Crippen molar-refractivity contribution in [2.24, 2.45) is 7.05 Å².